The highest BCUT2D eigenvalue weighted by molar-refractivity contribution is 5.27. The molecule has 1 N–H and O–H groups in total. The van der Waals surface area contributed by atoms with E-state index in [-0.39, 0.29) is 0 Å². The maximum atomic E-state index is 5.46. The van der Waals surface area contributed by atoms with E-state index in [1.807, 2.05) is 6.92 Å². The summed E-state index contributed by atoms with van der Waals surface area (Å²) in [6.07, 6.45) is 3.69. The second-order valence-electron chi connectivity index (χ2n) is 6.11. The zero-order valence-electron chi connectivity index (χ0n) is 13.6. The predicted molar refractivity (Wildman–Crippen MR) is 87.4 cm³/mol. The number of nitrogens with one attached hydrogen (secondary N) is 1. The van der Waals surface area contributed by atoms with Gasteiger partial charge >= 0.3 is 0 Å². The minimum atomic E-state index is 0.736. The van der Waals surface area contributed by atoms with Gasteiger partial charge in [-0.1, -0.05) is 32.9 Å². The zero-order chi connectivity index (χ0) is 14.8. The average Bonchev–Trinajstić information content (AvgIpc) is 2.43. The van der Waals surface area contributed by atoms with Crippen molar-refractivity contribution < 1.29 is 4.74 Å². The van der Waals surface area contributed by atoms with Gasteiger partial charge in [0.2, 0.25) is 0 Å². The summed E-state index contributed by atoms with van der Waals surface area (Å²) in [5, 5.41) is 3.52. The fourth-order valence-electron chi connectivity index (χ4n) is 2.22. The van der Waals surface area contributed by atoms with Gasteiger partial charge in [-0.05, 0) is 68.8 Å². The lowest BCUT2D eigenvalue weighted by molar-refractivity contribution is 0.340. The summed E-state index contributed by atoms with van der Waals surface area (Å²) in [5.41, 5.74) is 1.41. The molecule has 1 rings (SSSR count). The first-order valence-electron chi connectivity index (χ1n) is 8.04. The average molecular weight is 277 g/mol. The smallest absolute Gasteiger partial charge is 0.119 e. The summed E-state index contributed by atoms with van der Waals surface area (Å²) >= 11 is 0. The van der Waals surface area contributed by atoms with Crippen LogP contribution in [0, 0.1) is 11.8 Å². The quantitative estimate of drug-likeness (QED) is 0.644. The molecule has 0 spiro atoms. The summed E-state index contributed by atoms with van der Waals surface area (Å²) < 4.78 is 5.46. The van der Waals surface area contributed by atoms with Crippen molar-refractivity contribution in [3.05, 3.63) is 29.8 Å². The Hall–Kier alpha value is -1.02. The van der Waals surface area contributed by atoms with E-state index < -0.39 is 0 Å². The van der Waals surface area contributed by atoms with E-state index >= 15 is 0 Å². The topological polar surface area (TPSA) is 21.3 Å². The van der Waals surface area contributed by atoms with E-state index in [1.165, 1.54) is 18.4 Å². The van der Waals surface area contributed by atoms with Gasteiger partial charge in [0.05, 0.1) is 6.61 Å². The highest BCUT2D eigenvalue weighted by Crippen LogP contribution is 2.16. The molecule has 0 radical (unpaired) electrons. The first kappa shape index (κ1) is 17.0. The van der Waals surface area contributed by atoms with E-state index in [2.05, 4.69) is 50.4 Å². The van der Waals surface area contributed by atoms with Crippen LogP contribution >= 0.6 is 0 Å². The molecule has 114 valence electrons. The number of hydrogen-bond acceptors (Lipinski definition) is 2. The monoisotopic (exact) mass is 277 g/mol. The van der Waals surface area contributed by atoms with Crippen molar-refractivity contribution in [2.24, 2.45) is 11.8 Å². The van der Waals surface area contributed by atoms with Crippen molar-refractivity contribution >= 4 is 0 Å². The van der Waals surface area contributed by atoms with Crippen LogP contribution in [0.3, 0.4) is 0 Å². The Balaban J connectivity index is 2.18. The highest BCUT2D eigenvalue weighted by atomic mass is 16.5. The van der Waals surface area contributed by atoms with Gasteiger partial charge < -0.3 is 10.1 Å². The molecule has 0 aromatic heterocycles. The van der Waals surface area contributed by atoms with Crippen LogP contribution in [0.4, 0.5) is 0 Å². The fraction of sp³-hybridized carbons (Fsp3) is 0.667. The van der Waals surface area contributed by atoms with Crippen molar-refractivity contribution in [2.45, 2.75) is 47.0 Å². The molecule has 0 aliphatic carbocycles. The Bertz CT molecular complexity index is 345. The molecule has 1 unspecified atom stereocenters. The molecule has 0 amide bonds. The minimum absolute atomic E-state index is 0.736. The molecule has 1 atom stereocenters. The van der Waals surface area contributed by atoms with Gasteiger partial charge in [0.15, 0.2) is 0 Å². The molecule has 0 bridgehead atoms. The number of rotatable bonds is 10. The Morgan fingerprint density at radius 2 is 1.75 bits per heavy atom. The molecular formula is C18H31NO. The minimum Gasteiger partial charge on any atom is -0.494 e. The molecule has 0 heterocycles. The standard InChI is InChI=1S/C18H31NO/c1-5-20-18-10-8-17(9-11-18)7-6-16(4)12-13-19-14-15(2)3/h8-11,15-16,19H,5-7,12-14H2,1-4H3. The Morgan fingerprint density at radius 3 is 2.35 bits per heavy atom. The van der Waals surface area contributed by atoms with Crippen LogP contribution in [0.15, 0.2) is 24.3 Å². The fourth-order valence-corrected chi connectivity index (χ4v) is 2.22. The van der Waals surface area contributed by atoms with E-state index in [1.54, 1.807) is 0 Å². The molecule has 1 aromatic carbocycles. The van der Waals surface area contributed by atoms with Crippen LogP contribution in [-0.4, -0.2) is 19.7 Å². The maximum absolute atomic E-state index is 5.46. The second kappa shape index (κ2) is 9.82. The molecule has 20 heavy (non-hydrogen) atoms. The van der Waals surface area contributed by atoms with E-state index in [9.17, 15) is 0 Å². The second-order valence-corrected chi connectivity index (χ2v) is 6.11. The van der Waals surface area contributed by atoms with E-state index in [0.717, 1.165) is 43.7 Å². The first-order valence-corrected chi connectivity index (χ1v) is 8.04. The van der Waals surface area contributed by atoms with Crippen LogP contribution in [0.25, 0.3) is 0 Å². The summed E-state index contributed by atoms with van der Waals surface area (Å²) in [7, 11) is 0. The predicted octanol–water partition coefficient (Wildman–Crippen LogP) is 4.29. The van der Waals surface area contributed by atoms with Gasteiger partial charge in [-0.2, -0.15) is 0 Å². The third-order valence-electron chi connectivity index (χ3n) is 3.53. The molecule has 0 fully saturated rings. The largest absolute Gasteiger partial charge is 0.494 e. The number of hydrogen-bond donors (Lipinski definition) is 1. The van der Waals surface area contributed by atoms with Crippen molar-refractivity contribution in [1.82, 2.24) is 5.32 Å². The number of ether oxygens (including phenoxy) is 1. The van der Waals surface area contributed by atoms with Crippen molar-refractivity contribution in [1.29, 1.82) is 0 Å². The Kier molecular flexibility index (Phi) is 8.36. The van der Waals surface area contributed by atoms with Crippen LogP contribution in [0.5, 0.6) is 5.75 Å². The third kappa shape index (κ3) is 7.54. The normalized spacial score (nSPS) is 12.7. The summed E-state index contributed by atoms with van der Waals surface area (Å²) in [5.74, 6) is 2.50. The molecule has 2 heteroatoms. The molecule has 0 aliphatic heterocycles. The van der Waals surface area contributed by atoms with Crippen LogP contribution < -0.4 is 10.1 Å². The number of benzene rings is 1. The van der Waals surface area contributed by atoms with Gasteiger partial charge in [0.25, 0.3) is 0 Å². The Morgan fingerprint density at radius 1 is 1.05 bits per heavy atom. The van der Waals surface area contributed by atoms with Gasteiger partial charge in [-0.15, -0.1) is 0 Å². The van der Waals surface area contributed by atoms with Gasteiger partial charge in [-0.3, -0.25) is 0 Å². The molecule has 1 aromatic rings. The zero-order valence-corrected chi connectivity index (χ0v) is 13.6. The summed E-state index contributed by atoms with van der Waals surface area (Å²) in [6.45, 7) is 11.9. The van der Waals surface area contributed by atoms with Gasteiger partial charge in [0.1, 0.15) is 5.75 Å². The summed E-state index contributed by atoms with van der Waals surface area (Å²) in [6, 6.07) is 8.53. The van der Waals surface area contributed by atoms with Crippen LogP contribution in [0.2, 0.25) is 0 Å². The summed E-state index contributed by atoms with van der Waals surface area (Å²) in [4.78, 5) is 0. The molecular weight excluding hydrogens is 246 g/mol. The van der Waals surface area contributed by atoms with E-state index in [4.69, 9.17) is 4.74 Å². The lowest BCUT2D eigenvalue weighted by atomic mass is 9.98. The first-order chi connectivity index (χ1) is 9.61. The van der Waals surface area contributed by atoms with E-state index in [0.29, 0.717) is 0 Å². The molecule has 0 aliphatic rings. The molecule has 2 nitrogen and oxygen atoms in total. The van der Waals surface area contributed by atoms with Gasteiger partial charge in [0, 0.05) is 0 Å². The lowest BCUT2D eigenvalue weighted by Crippen LogP contribution is -2.22. The van der Waals surface area contributed by atoms with Crippen molar-refractivity contribution in [2.75, 3.05) is 19.7 Å². The number of aryl methyl sites for hydroxylation is 1. The van der Waals surface area contributed by atoms with Crippen LogP contribution in [-0.2, 0) is 6.42 Å². The highest BCUT2D eigenvalue weighted by Gasteiger charge is 2.03. The van der Waals surface area contributed by atoms with Gasteiger partial charge in [-0.25, -0.2) is 0 Å². The van der Waals surface area contributed by atoms with Crippen molar-refractivity contribution in [3.8, 4) is 5.75 Å². The van der Waals surface area contributed by atoms with Crippen LogP contribution in [0.1, 0.15) is 46.1 Å². The lowest BCUT2D eigenvalue weighted by Gasteiger charge is -2.13. The molecule has 0 saturated carbocycles. The molecule has 0 saturated heterocycles. The Labute approximate surface area is 124 Å². The van der Waals surface area contributed by atoms with Crippen molar-refractivity contribution in [3.63, 3.8) is 0 Å². The SMILES string of the molecule is CCOc1ccc(CCC(C)CCNCC(C)C)cc1. The third-order valence-corrected chi connectivity index (χ3v) is 3.53. The maximum Gasteiger partial charge on any atom is 0.119 e.